The van der Waals surface area contributed by atoms with E-state index < -0.39 is 0 Å². The minimum absolute atomic E-state index is 0.0399. The van der Waals surface area contributed by atoms with Gasteiger partial charge in [-0.1, -0.05) is 26.7 Å². The predicted molar refractivity (Wildman–Crippen MR) is 91.2 cm³/mol. The van der Waals surface area contributed by atoms with E-state index >= 15 is 0 Å². The fourth-order valence-electron chi connectivity index (χ4n) is 2.53. The quantitative estimate of drug-likeness (QED) is 0.766. The van der Waals surface area contributed by atoms with Crippen molar-refractivity contribution in [2.75, 3.05) is 13.3 Å². The van der Waals surface area contributed by atoms with Crippen molar-refractivity contribution in [3.05, 3.63) is 23.8 Å². The Morgan fingerprint density at radius 1 is 1.12 bits per heavy atom. The molecule has 0 radical (unpaired) electrons. The highest BCUT2D eigenvalue weighted by Crippen LogP contribution is 2.32. The monoisotopic (exact) mass is 334 g/mol. The molecule has 24 heavy (non-hydrogen) atoms. The molecule has 1 heterocycles. The third-order valence-electron chi connectivity index (χ3n) is 3.87. The average molecular weight is 334 g/mol. The number of benzene rings is 1. The summed E-state index contributed by atoms with van der Waals surface area (Å²) in [7, 11) is 0. The Labute approximate surface area is 142 Å². The second-order valence-electron chi connectivity index (χ2n) is 6.54. The van der Waals surface area contributed by atoms with Crippen molar-refractivity contribution in [1.29, 1.82) is 0 Å². The molecule has 0 fully saturated rings. The molecule has 1 aliphatic rings. The lowest BCUT2D eigenvalue weighted by Crippen LogP contribution is -2.40. The van der Waals surface area contributed by atoms with Gasteiger partial charge in [0.1, 0.15) is 0 Å². The Kier molecular flexibility index (Phi) is 6.46. The Bertz CT molecular complexity index is 586. The second-order valence-corrected chi connectivity index (χ2v) is 6.54. The van der Waals surface area contributed by atoms with Gasteiger partial charge in [-0.2, -0.15) is 0 Å². The molecule has 1 unspecified atom stereocenters. The summed E-state index contributed by atoms with van der Waals surface area (Å²) in [5.41, 5.74) is 0.442. The van der Waals surface area contributed by atoms with Crippen LogP contribution < -0.4 is 20.1 Å². The molecule has 1 aliphatic heterocycles. The van der Waals surface area contributed by atoms with Gasteiger partial charge >= 0.3 is 0 Å². The van der Waals surface area contributed by atoms with Gasteiger partial charge in [0.15, 0.2) is 11.5 Å². The van der Waals surface area contributed by atoms with E-state index in [1.165, 1.54) is 0 Å². The van der Waals surface area contributed by atoms with Gasteiger partial charge in [0.2, 0.25) is 12.7 Å². The summed E-state index contributed by atoms with van der Waals surface area (Å²) in [4.78, 5) is 24.0. The topological polar surface area (TPSA) is 76.7 Å². The fraction of sp³-hybridized carbons (Fsp3) is 0.556. The van der Waals surface area contributed by atoms with Crippen molar-refractivity contribution in [3.8, 4) is 11.5 Å². The molecule has 0 aliphatic carbocycles. The molecule has 2 amide bonds. The maximum absolute atomic E-state index is 12.1. The van der Waals surface area contributed by atoms with Crippen LogP contribution in [0.1, 0.15) is 50.4 Å². The van der Waals surface area contributed by atoms with Crippen LogP contribution in [0, 0.1) is 5.92 Å². The van der Waals surface area contributed by atoms with Gasteiger partial charge in [0, 0.05) is 11.6 Å². The number of nitrogens with one attached hydrogen (secondary N) is 2. The lowest BCUT2D eigenvalue weighted by molar-refractivity contribution is -0.120. The standard InChI is InChI=1S/C18H26N2O4/c1-12(2)5-4-6-13(3)20-17(21)10-19-18(22)14-7-8-15-16(9-14)24-11-23-15/h7-9,12-13H,4-6,10-11H2,1-3H3,(H,19,22)(H,20,21). The minimum atomic E-state index is -0.309. The van der Waals surface area contributed by atoms with Gasteiger partial charge < -0.3 is 20.1 Å². The van der Waals surface area contributed by atoms with Gasteiger partial charge in [-0.05, 0) is 37.5 Å². The number of carbonyl (C=O) groups excluding carboxylic acids is 2. The first kappa shape index (κ1) is 18.1. The Hall–Kier alpha value is -2.24. The van der Waals surface area contributed by atoms with Crippen LogP contribution in [-0.4, -0.2) is 31.2 Å². The zero-order chi connectivity index (χ0) is 17.5. The molecule has 2 rings (SSSR count). The Morgan fingerprint density at radius 2 is 1.88 bits per heavy atom. The van der Waals surface area contributed by atoms with Crippen molar-refractivity contribution >= 4 is 11.8 Å². The first-order valence-corrected chi connectivity index (χ1v) is 8.43. The van der Waals surface area contributed by atoms with E-state index in [9.17, 15) is 9.59 Å². The predicted octanol–water partition coefficient (Wildman–Crippen LogP) is 2.48. The molecule has 0 bridgehead atoms. The number of fused-ring (bicyclic) bond motifs is 1. The molecule has 1 aromatic carbocycles. The Balaban J connectivity index is 1.72. The number of ether oxygens (including phenoxy) is 2. The third-order valence-corrected chi connectivity index (χ3v) is 3.87. The molecule has 1 aromatic rings. The summed E-state index contributed by atoms with van der Waals surface area (Å²) in [5, 5.41) is 5.53. The summed E-state index contributed by atoms with van der Waals surface area (Å²) in [5.74, 6) is 1.36. The molecule has 6 heteroatoms. The number of hydrogen-bond donors (Lipinski definition) is 2. The summed E-state index contributed by atoms with van der Waals surface area (Å²) < 4.78 is 10.4. The lowest BCUT2D eigenvalue weighted by Gasteiger charge is -2.15. The summed E-state index contributed by atoms with van der Waals surface area (Å²) in [6.07, 6.45) is 3.18. The molecule has 1 atom stereocenters. The van der Waals surface area contributed by atoms with E-state index in [0.29, 0.717) is 23.0 Å². The van der Waals surface area contributed by atoms with Gasteiger partial charge in [-0.3, -0.25) is 9.59 Å². The van der Waals surface area contributed by atoms with Gasteiger partial charge in [-0.25, -0.2) is 0 Å². The smallest absolute Gasteiger partial charge is 0.251 e. The molecular weight excluding hydrogens is 308 g/mol. The third kappa shape index (κ3) is 5.44. The average Bonchev–Trinajstić information content (AvgIpc) is 2.99. The van der Waals surface area contributed by atoms with E-state index in [1.807, 2.05) is 6.92 Å². The van der Waals surface area contributed by atoms with Crippen LogP contribution in [0.5, 0.6) is 11.5 Å². The number of carbonyl (C=O) groups is 2. The molecule has 6 nitrogen and oxygen atoms in total. The van der Waals surface area contributed by atoms with Crippen molar-refractivity contribution in [3.63, 3.8) is 0 Å². The summed E-state index contributed by atoms with van der Waals surface area (Å²) >= 11 is 0. The van der Waals surface area contributed by atoms with Gasteiger partial charge in [0.05, 0.1) is 6.54 Å². The highest BCUT2D eigenvalue weighted by atomic mass is 16.7. The van der Waals surface area contributed by atoms with Gasteiger partial charge in [0.25, 0.3) is 5.91 Å². The van der Waals surface area contributed by atoms with Crippen LogP contribution in [0.25, 0.3) is 0 Å². The van der Waals surface area contributed by atoms with Crippen LogP contribution in [0.2, 0.25) is 0 Å². The van der Waals surface area contributed by atoms with Crippen molar-refractivity contribution < 1.29 is 19.1 Å². The summed E-state index contributed by atoms with van der Waals surface area (Å²) in [6, 6.07) is 5.06. The normalized spacial score (nSPS) is 13.7. The van der Waals surface area contributed by atoms with Crippen molar-refractivity contribution in [2.45, 2.75) is 46.1 Å². The number of hydrogen-bond acceptors (Lipinski definition) is 4. The van der Waals surface area contributed by atoms with Crippen LogP contribution in [-0.2, 0) is 4.79 Å². The SMILES string of the molecule is CC(C)CCCC(C)NC(=O)CNC(=O)c1ccc2c(c1)OCO2. The highest BCUT2D eigenvalue weighted by molar-refractivity contribution is 5.97. The largest absolute Gasteiger partial charge is 0.454 e. The second kappa shape index (κ2) is 8.57. The van der Waals surface area contributed by atoms with Gasteiger partial charge in [-0.15, -0.1) is 0 Å². The van der Waals surface area contributed by atoms with Crippen LogP contribution in [0.3, 0.4) is 0 Å². The van der Waals surface area contributed by atoms with E-state index in [1.54, 1.807) is 18.2 Å². The minimum Gasteiger partial charge on any atom is -0.454 e. The maximum Gasteiger partial charge on any atom is 0.251 e. The maximum atomic E-state index is 12.1. The fourth-order valence-corrected chi connectivity index (χ4v) is 2.53. The molecular formula is C18H26N2O4. The van der Waals surface area contributed by atoms with E-state index in [0.717, 1.165) is 19.3 Å². The molecule has 0 saturated carbocycles. The zero-order valence-electron chi connectivity index (χ0n) is 14.6. The summed E-state index contributed by atoms with van der Waals surface area (Å²) in [6.45, 7) is 6.49. The van der Waals surface area contributed by atoms with Crippen molar-refractivity contribution in [2.24, 2.45) is 5.92 Å². The number of rotatable bonds is 8. The first-order valence-electron chi connectivity index (χ1n) is 8.43. The van der Waals surface area contributed by atoms with Crippen molar-refractivity contribution in [1.82, 2.24) is 10.6 Å². The van der Waals surface area contributed by atoms with Crippen LogP contribution >= 0.6 is 0 Å². The zero-order valence-corrected chi connectivity index (χ0v) is 14.6. The molecule has 132 valence electrons. The molecule has 0 spiro atoms. The molecule has 0 saturated heterocycles. The molecule has 0 aromatic heterocycles. The van der Waals surface area contributed by atoms with E-state index in [2.05, 4.69) is 24.5 Å². The first-order chi connectivity index (χ1) is 11.5. The van der Waals surface area contributed by atoms with Crippen LogP contribution in [0.15, 0.2) is 18.2 Å². The number of amides is 2. The van der Waals surface area contributed by atoms with Crippen LogP contribution in [0.4, 0.5) is 0 Å². The lowest BCUT2D eigenvalue weighted by atomic mass is 10.0. The Morgan fingerprint density at radius 3 is 2.62 bits per heavy atom. The highest BCUT2D eigenvalue weighted by Gasteiger charge is 2.16. The molecule has 2 N–H and O–H groups in total. The van der Waals surface area contributed by atoms with E-state index in [4.69, 9.17) is 9.47 Å². The van der Waals surface area contributed by atoms with E-state index in [-0.39, 0.29) is 31.2 Å².